The van der Waals surface area contributed by atoms with Crippen molar-refractivity contribution in [3.63, 3.8) is 0 Å². The predicted octanol–water partition coefficient (Wildman–Crippen LogP) is 2.19. The summed E-state index contributed by atoms with van der Waals surface area (Å²) in [6.07, 6.45) is 2.96. The fourth-order valence-corrected chi connectivity index (χ4v) is 2.53. The van der Waals surface area contributed by atoms with Crippen LogP contribution in [0.1, 0.15) is 25.1 Å². The molecule has 1 atom stereocenters. The zero-order valence-electron chi connectivity index (χ0n) is 9.80. The number of pyridine rings is 1. The molecule has 0 bridgehead atoms. The molecule has 1 fully saturated rings. The van der Waals surface area contributed by atoms with Crippen molar-refractivity contribution in [2.45, 2.75) is 19.3 Å². The molecule has 0 amide bonds. The highest BCUT2D eigenvalue weighted by molar-refractivity contribution is 6.30. The van der Waals surface area contributed by atoms with Gasteiger partial charge >= 0.3 is 0 Å². The van der Waals surface area contributed by atoms with Gasteiger partial charge in [-0.2, -0.15) is 5.10 Å². The SMILES string of the molecule is CCN1CCC(c2nc3ccc(Cl)cn3n2)C1. The Labute approximate surface area is 105 Å². The van der Waals surface area contributed by atoms with Crippen molar-refractivity contribution in [2.24, 2.45) is 0 Å². The van der Waals surface area contributed by atoms with Crippen LogP contribution in [0, 0.1) is 0 Å². The summed E-state index contributed by atoms with van der Waals surface area (Å²) >= 11 is 5.94. The van der Waals surface area contributed by atoms with Crippen LogP contribution in [-0.4, -0.2) is 39.1 Å². The van der Waals surface area contributed by atoms with E-state index in [9.17, 15) is 0 Å². The number of aromatic nitrogens is 3. The molecular weight excluding hydrogens is 236 g/mol. The van der Waals surface area contributed by atoms with E-state index in [0.717, 1.165) is 37.5 Å². The lowest BCUT2D eigenvalue weighted by atomic mass is 10.1. The van der Waals surface area contributed by atoms with Crippen LogP contribution in [0.15, 0.2) is 18.3 Å². The number of nitrogens with zero attached hydrogens (tertiary/aromatic N) is 4. The maximum Gasteiger partial charge on any atom is 0.156 e. The first kappa shape index (κ1) is 11.0. The normalized spacial score (nSPS) is 21.4. The van der Waals surface area contributed by atoms with Crippen LogP contribution < -0.4 is 0 Å². The van der Waals surface area contributed by atoms with E-state index >= 15 is 0 Å². The van der Waals surface area contributed by atoms with Gasteiger partial charge in [-0.25, -0.2) is 9.50 Å². The Hall–Kier alpha value is -1.13. The fourth-order valence-electron chi connectivity index (χ4n) is 2.38. The van der Waals surface area contributed by atoms with Crippen molar-refractivity contribution in [2.75, 3.05) is 19.6 Å². The molecule has 2 aromatic heterocycles. The van der Waals surface area contributed by atoms with E-state index in [2.05, 4.69) is 21.9 Å². The molecule has 4 nitrogen and oxygen atoms in total. The lowest BCUT2D eigenvalue weighted by molar-refractivity contribution is 0.352. The van der Waals surface area contributed by atoms with E-state index in [1.54, 1.807) is 10.7 Å². The van der Waals surface area contributed by atoms with E-state index in [-0.39, 0.29) is 0 Å². The Bertz CT molecular complexity index is 536. The minimum Gasteiger partial charge on any atom is -0.303 e. The average molecular weight is 251 g/mol. The molecule has 0 radical (unpaired) electrons. The van der Waals surface area contributed by atoms with E-state index < -0.39 is 0 Å². The first-order valence-electron chi connectivity index (χ1n) is 6.00. The Morgan fingerprint density at radius 3 is 3.12 bits per heavy atom. The van der Waals surface area contributed by atoms with Crippen LogP contribution in [0.4, 0.5) is 0 Å². The largest absolute Gasteiger partial charge is 0.303 e. The fraction of sp³-hybridized carbons (Fsp3) is 0.500. The number of likely N-dealkylation sites (tertiary alicyclic amines) is 1. The Balaban J connectivity index is 1.91. The molecule has 1 saturated heterocycles. The molecule has 1 unspecified atom stereocenters. The molecule has 1 aliphatic rings. The number of fused-ring (bicyclic) bond motifs is 1. The minimum atomic E-state index is 0.466. The zero-order chi connectivity index (χ0) is 11.8. The third kappa shape index (κ3) is 2.03. The first-order valence-corrected chi connectivity index (χ1v) is 6.38. The van der Waals surface area contributed by atoms with Crippen molar-refractivity contribution in [3.8, 4) is 0 Å². The van der Waals surface area contributed by atoms with Gasteiger partial charge in [0.1, 0.15) is 0 Å². The number of likely N-dealkylation sites (N-methyl/N-ethyl adjacent to an activating group) is 1. The molecule has 3 rings (SSSR count). The first-order chi connectivity index (χ1) is 8.26. The molecule has 2 aromatic rings. The second-order valence-electron chi connectivity index (χ2n) is 4.50. The molecule has 0 saturated carbocycles. The van der Waals surface area contributed by atoms with E-state index in [0.29, 0.717) is 10.9 Å². The third-order valence-corrected chi connectivity index (χ3v) is 3.62. The van der Waals surface area contributed by atoms with Crippen molar-refractivity contribution >= 4 is 17.2 Å². The summed E-state index contributed by atoms with van der Waals surface area (Å²) < 4.78 is 1.77. The molecule has 0 N–H and O–H groups in total. The van der Waals surface area contributed by atoms with Gasteiger partial charge in [0.05, 0.1) is 5.02 Å². The van der Waals surface area contributed by atoms with Crippen LogP contribution in [0.5, 0.6) is 0 Å². The van der Waals surface area contributed by atoms with Crippen molar-refractivity contribution in [1.29, 1.82) is 0 Å². The second kappa shape index (κ2) is 4.27. The van der Waals surface area contributed by atoms with Crippen molar-refractivity contribution < 1.29 is 0 Å². The van der Waals surface area contributed by atoms with Crippen LogP contribution in [-0.2, 0) is 0 Å². The van der Waals surface area contributed by atoms with Gasteiger partial charge in [0, 0.05) is 18.7 Å². The molecule has 0 aromatic carbocycles. The standard InChI is InChI=1S/C12H15ClN4/c1-2-16-6-5-9(7-16)12-14-11-4-3-10(13)8-17(11)15-12/h3-4,8-9H,2,5-7H2,1H3. The Kier molecular flexibility index (Phi) is 2.76. The highest BCUT2D eigenvalue weighted by Gasteiger charge is 2.25. The molecular formula is C12H15ClN4. The van der Waals surface area contributed by atoms with Crippen LogP contribution >= 0.6 is 11.6 Å². The highest BCUT2D eigenvalue weighted by Crippen LogP contribution is 2.25. The summed E-state index contributed by atoms with van der Waals surface area (Å²) in [4.78, 5) is 7.00. The Morgan fingerprint density at radius 1 is 1.47 bits per heavy atom. The number of hydrogen-bond donors (Lipinski definition) is 0. The summed E-state index contributed by atoms with van der Waals surface area (Å²) in [5.41, 5.74) is 0.874. The monoisotopic (exact) mass is 250 g/mol. The molecule has 17 heavy (non-hydrogen) atoms. The maximum atomic E-state index is 5.94. The molecule has 90 valence electrons. The van der Waals surface area contributed by atoms with Crippen molar-refractivity contribution in [3.05, 3.63) is 29.2 Å². The molecule has 0 spiro atoms. The summed E-state index contributed by atoms with van der Waals surface area (Å²) in [6, 6.07) is 3.76. The maximum absolute atomic E-state index is 5.94. The van der Waals surface area contributed by atoms with Crippen molar-refractivity contribution in [1.82, 2.24) is 19.5 Å². The lowest BCUT2D eigenvalue weighted by Crippen LogP contribution is -2.19. The number of halogens is 1. The van der Waals surface area contributed by atoms with E-state index in [1.165, 1.54) is 0 Å². The molecule has 1 aliphatic heterocycles. The second-order valence-corrected chi connectivity index (χ2v) is 4.94. The minimum absolute atomic E-state index is 0.466. The van der Waals surface area contributed by atoms with Gasteiger partial charge in [0.2, 0.25) is 0 Å². The highest BCUT2D eigenvalue weighted by atomic mass is 35.5. The number of hydrogen-bond acceptors (Lipinski definition) is 3. The van der Waals surface area contributed by atoms with Gasteiger partial charge < -0.3 is 4.90 Å². The van der Waals surface area contributed by atoms with Gasteiger partial charge in [-0.15, -0.1) is 0 Å². The predicted molar refractivity (Wildman–Crippen MR) is 67.5 cm³/mol. The summed E-state index contributed by atoms with van der Waals surface area (Å²) in [6.45, 7) is 5.52. The number of rotatable bonds is 2. The third-order valence-electron chi connectivity index (χ3n) is 3.40. The van der Waals surface area contributed by atoms with E-state index in [4.69, 9.17) is 11.6 Å². The summed E-state index contributed by atoms with van der Waals surface area (Å²) in [5, 5.41) is 5.21. The van der Waals surface area contributed by atoms with Gasteiger partial charge in [0.25, 0.3) is 0 Å². The van der Waals surface area contributed by atoms with Crippen LogP contribution in [0.2, 0.25) is 5.02 Å². The lowest BCUT2D eigenvalue weighted by Gasteiger charge is -2.10. The molecule has 5 heteroatoms. The van der Waals surface area contributed by atoms with Crippen LogP contribution in [0.25, 0.3) is 5.65 Å². The quantitative estimate of drug-likeness (QED) is 0.819. The van der Waals surface area contributed by atoms with Gasteiger partial charge in [-0.1, -0.05) is 18.5 Å². The molecule has 0 aliphatic carbocycles. The zero-order valence-corrected chi connectivity index (χ0v) is 10.6. The molecule has 3 heterocycles. The summed E-state index contributed by atoms with van der Waals surface area (Å²) in [7, 11) is 0. The Morgan fingerprint density at radius 2 is 2.35 bits per heavy atom. The average Bonchev–Trinajstić information content (AvgIpc) is 2.93. The van der Waals surface area contributed by atoms with E-state index in [1.807, 2.05) is 12.1 Å². The van der Waals surface area contributed by atoms with Crippen LogP contribution in [0.3, 0.4) is 0 Å². The van der Waals surface area contributed by atoms with Gasteiger partial charge in [0.15, 0.2) is 11.5 Å². The van der Waals surface area contributed by atoms with Gasteiger partial charge in [-0.05, 0) is 31.6 Å². The van der Waals surface area contributed by atoms with Gasteiger partial charge in [-0.3, -0.25) is 0 Å². The summed E-state index contributed by atoms with van der Waals surface area (Å²) in [5.74, 6) is 1.41. The topological polar surface area (TPSA) is 33.4 Å². The smallest absolute Gasteiger partial charge is 0.156 e.